The maximum absolute atomic E-state index is 12.9. The SMILES string of the molecule is COc1cc(OC)cc(-c2nc(C(=O)N[C@@H](CSCc3ccccc3)C(=O)N(C)C#N)cs2)c1. The Morgan fingerprint density at radius 1 is 1.18 bits per heavy atom. The number of nitrogens with zero attached hydrogens (tertiary/aromatic N) is 3. The fourth-order valence-corrected chi connectivity index (χ4v) is 4.80. The monoisotopic (exact) mass is 496 g/mol. The van der Waals surface area contributed by atoms with Crippen LogP contribution in [0.2, 0.25) is 0 Å². The van der Waals surface area contributed by atoms with Gasteiger partial charge in [-0.1, -0.05) is 30.3 Å². The van der Waals surface area contributed by atoms with E-state index in [-0.39, 0.29) is 5.69 Å². The minimum Gasteiger partial charge on any atom is -0.497 e. The molecule has 2 aromatic carbocycles. The lowest BCUT2D eigenvalue weighted by atomic mass is 10.2. The summed E-state index contributed by atoms with van der Waals surface area (Å²) < 4.78 is 10.6. The molecule has 1 N–H and O–H groups in total. The summed E-state index contributed by atoms with van der Waals surface area (Å²) in [6.45, 7) is 0. The lowest BCUT2D eigenvalue weighted by molar-refractivity contribution is -0.128. The molecule has 34 heavy (non-hydrogen) atoms. The topological polar surface area (TPSA) is 105 Å². The lowest BCUT2D eigenvalue weighted by Crippen LogP contribution is -2.47. The number of nitrogens with one attached hydrogen (secondary N) is 1. The molecule has 0 saturated heterocycles. The molecule has 0 bridgehead atoms. The lowest BCUT2D eigenvalue weighted by Gasteiger charge is -2.19. The van der Waals surface area contributed by atoms with Crippen LogP contribution in [0, 0.1) is 11.5 Å². The van der Waals surface area contributed by atoms with Gasteiger partial charge in [0.1, 0.15) is 28.2 Å². The van der Waals surface area contributed by atoms with Crippen molar-refractivity contribution < 1.29 is 19.1 Å². The number of rotatable bonds is 10. The number of ether oxygens (including phenoxy) is 2. The van der Waals surface area contributed by atoms with Gasteiger partial charge in [-0.25, -0.2) is 4.98 Å². The van der Waals surface area contributed by atoms with Crippen molar-refractivity contribution in [2.24, 2.45) is 0 Å². The van der Waals surface area contributed by atoms with Crippen molar-refractivity contribution in [2.75, 3.05) is 27.0 Å². The van der Waals surface area contributed by atoms with Gasteiger partial charge in [-0.15, -0.1) is 11.3 Å². The van der Waals surface area contributed by atoms with Crippen molar-refractivity contribution in [3.8, 4) is 28.3 Å². The molecule has 176 valence electrons. The first-order valence-electron chi connectivity index (χ1n) is 10.2. The molecule has 8 nitrogen and oxygen atoms in total. The van der Waals surface area contributed by atoms with E-state index in [1.807, 2.05) is 30.3 Å². The Kier molecular flexibility index (Phi) is 8.90. The third-order valence-electron chi connectivity index (χ3n) is 4.82. The molecule has 0 unspecified atom stereocenters. The minimum atomic E-state index is -0.868. The Morgan fingerprint density at radius 3 is 2.47 bits per heavy atom. The van der Waals surface area contributed by atoms with E-state index in [1.54, 1.807) is 44.0 Å². The van der Waals surface area contributed by atoms with Gasteiger partial charge in [-0.05, 0) is 17.7 Å². The Bertz CT molecular complexity index is 1150. The number of nitriles is 1. The number of likely N-dealkylation sites (N-methyl/N-ethyl adjacent to an activating group) is 1. The maximum Gasteiger partial charge on any atom is 0.271 e. The average molecular weight is 497 g/mol. The summed E-state index contributed by atoms with van der Waals surface area (Å²) in [6, 6.07) is 14.3. The van der Waals surface area contributed by atoms with Gasteiger partial charge < -0.3 is 14.8 Å². The number of methoxy groups -OCH3 is 2. The van der Waals surface area contributed by atoms with Crippen LogP contribution < -0.4 is 14.8 Å². The van der Waals surface area contributed by atoms with Crippen LogP contribution in [0.25, 0.3) is 10.6 Å². The molecule has 3 rings (SSSR count). The Hall–Kier alpha value is -3.55. The van der Waals surface area contributed by atoms with Gasteiger partial charge in [0, 0.05) is 35.6 Å². The van der Waals surface area contributed by atoms with Crippen LogP contribution in [0.1, 0.15) is 16.1 Å². The Morgan fingerprint density at radius 2 is 1.85 bits per heavy atom. The second-order valence-electron chi connectivity index (χ2n) is 7.16. The number of thiazole rings is 1. The van der Waals surface area contributed by atoms with Crippen molar-refractivity contribution in [3.63, 3.8) is 0 Å². The van der Waals surface area contributed by atoms with E-state index in [1.165, 1.54) is 30.1 Å². The second kappa shape index (κ2) is 12.1. The third kappa shape index (κ3) is 6.50. The fourth-order valence-electron chi connectivity index (χ4n) is 3.00. The molecule has 0 aliphatic carbocycles. The summed E-state index contributed by atoms with van der Waals surface area (Å²) in [5.74, 6) is 1.24. The van der Waals surface area contributed by atoms with Gasteiger partial charge in [0.15, 0.2) is 6.19 Å². The Balaban J connectivity index is 1.73. The van der Waals surface area contributed by atoms with E-state index in [9.17, 15) is 9.59 Å². The molecule has 1 aromatic heterocycles. The van der Waals surface area contributed by atoms with Gasteiger partial charge in [-0.3, -0.25) is 14.5 Å². The largest absolute Gasteiger partial charge is 0.497 e. The van der Waals surface area contributed by atoms with Crippen molar-refractivity contribution in [1.29, 1.82) is 5.26 Å². The van der Waals surface area contributed by atoms with E-state index in [4.69, 9.17) is 14.7 Å². The number of carbonyl (C=O) groups is 2. The highest BCUT2D eigenvalue weighted by atomic mass is 32.2. The van der Waals surface area contributed by atoms with Crippen LogP contribution in [0.15, 0.2) is 53.9 Å². The number of amides is 2. The fraction of sp³-hybridized carbons (Fsp3) is 0.250. The van der Waals surface area contributed by atoms with Crippen LogP contribution in [-0.4, -0.2) is 54.8 Å². The van der Waals surface area contributed by atoms with Gasteiger partial charge in [0.05, 0.1) is 14.2 Å². The highest BCUT2D eigenvalue weighted by Crippen LogP contribution is 2.31. The molecule has 0 aliphatic heterocycles. The first-order chi connectivity index (χ1) is 16.4. The summed E-state index contributed by atoms with van der Waals surface area (Å²) >= 11 is 2.80. The van der Waals surface area contributed by atoms with Crippen LogP contribution in [0.4, 0.5) is 0 Å². The molecular weight excluding hydrogens is 472 g/mol. The molecule has 1 atom stereocenters. The van der Waals surface area contributed by atoms with E-state index >= 15 is 0 Å². The van der Waals surface area contributed by atoms with E-state index in [2.05, 4.69) is 10.3 Å². The molecule has 10 heteroatoms. The van der Waals surface area contributed by atoms with Crippen molar-refractivity contribution in [1.82, 2.24) is 15.2 Å². The number of aromatic nitrogens is 1. The molecule has 0 aliphatic rings. The van der Waals surface area contributed by atoms with Crippen molar-refractivity contribution >= 4 is 34.9 Å². The quantitative estimate of drug-likeness (QED) is 0.336. The van der Waals surface area contributed by atoms with Gasteiger partial charge in [0.2, 0.25) is 0 Å². The first-order valence-corrected chi connectivity index (χ1v) is 12.3. The van der Waals surface area contributed by atoms with Gasteiger partial charge in [0.25, 0.3) is 11.8 Å². The van der Waals surface area contributed by atoms with Crippen LogP contribution in [-0.2, 0) is 10.5 Å². The van der Waals surface area contributed by atoms with Gasteiger partial charge >= 0.3 is 0 Å². The van der Waals surface area contributed by atoms with Crippen LogP contribution in [0.3, 0.4) is 0 Å². The molecule has 0 saturated carbocycles. The number of hydrogen-bond donors (Lipinski definition) is 1. The normalized spacial score (nSPS) is 11.2. The molecule has 1 heterocycles. The molecule has 2 amide bonds. The smallest absolute Gasteiger partial charge is 0.271 e. The minimum absolute atomic E-state index is 0.187. The number of benzene rings is 2. The van der Waals surface area contributed by atoms with Crippen molar-refractivity contribution in [2.45, 2.75) is 11.8 Å². The summed E-state index contributed by atoms with van der Waals surface area (Å²) in [4.78, 5) is 31.0. The molecule has 0 radical (unpaired) electrons. The maximum atomic E-state index is 12.9. The number of thioether (sulfide) groups is 1. The van der Waals surface area contributed by atoms with Crippen molar-refractivity contribution in [3.05, 3.63) is 65.2 Å². The van der Waals surface area contributed by atoms with Gasteiger partial charge in [-0.2, -0.15) is 17.0 Å². The Labute approximate surface area is 206 Å². The zero-order valence-electron chi connectivity index (χ0n) is 19.0. The standard InChI is InChI=1S/C24H24N4O4S2/c1-28(15-25)24(30)21(13-33-12-16-7-5-4-6-8-16)26-22(29)20-14-34-23(27-20)17-9-18(31-2)11-19(10-17)32-3/h4-11,14,21H,12-13H2,1-3H3,(H,26,29)/t21-/m0/s1. The van der Waals surface area contributed by atoms with Crippen LogP contribution >= 0.6 is 23.1 Å². The van der Waals surface area contributed by atoms with E-state index in [0.29, 0.717) is 28.0 Å². The van der Waals surface area contributed by atoms with E-state index < -0.39 is 17.9 Å². The molecule has 0 spiro atoms. The molecule has 0 fully saturated rings. The molecule has 3 aromatic rings. The summed E-state index contributed by atoms with van der Waals surface area (Å²) in [5.41, 5.74) is 2.04. The van der Waals surface area contributed by atoms with Crippen LogP contribution in [0.5, 0.6) is 11.5 Å². The summed E-state index contributed by atoms with van der Waals surface area (Å²) in [7, 11) is 4.50. The zero-order valence-corrected chi connectivity index (χ0v) is 20.6. The predicted molar refractivity (Wildman–Crippen MR) is 133 cm³/mol. The highest BCUT2D eigenvalue weighted by Gasteiger charge is 2.26. The highest BCUT2D eigenvalue weighted by molar-refractivity contribution is 7.98. The zero-order chi connectivity index (χ0) is 24.5. The average Bonchev–Trinajstić information content (AvgIpc) is 3.38. The summed E-state index contributed by atoms with van der Waals surface area (Å²) in [6.07, 6.45) is 1.80. The number of carbonyl (C=O) groups excluding carboxylic acids is 2. The molecular formula is C24H24N4O4S2. The predicted octanol–water partition coefficient (Wildman–Crippen LogP) is 3.80. The summed E-state index contributed by atoms with van der Waals surface area (Å²) in [5, 5.41) is 14.1. The van der Waals surface area contributed by atoms with E-state index in [0.717, 1.165) is 16.0 Å². The number of hydrogen-bond acceptors (Lipinski definition) is 8. The first kappa shape index (κ1) is 25.1. The third-order valence-corrected chi connectivity index (χ3v) is 6.81. The second-order valence-corrected chi connectivity index (χ2v) is 9.05.